The molecule has 3 rings (SSSR count). The van der Waals surface area contributed by atoms with Crippen molar-refractivity contribution in [3.63, 3.8) is 0 Å². The van der Waals surface area contributed by atoms with Crippen LogP contribution in [0.25, 0.3) is 0 Å². The standard InChI is InChI=1S/C17H18FN3O2/c1-23-17-12(5-4-8-20-17)11-21-10-9-19-16(22)15(21)13-6-2-3-7-14(13)18/h2-8,15H,9-11H2,1H3,(H,19,22). The van der Waals surface area contributed by atoms with Crippen molar-refractivity contribution >= 4 is 5.91 Å². The van der Waals surface area contributed by atoms with E-state index < -0.39 is 6.04 Å². The first-order valence-corrected chi connectivity index (χ1v) is 7.45. The third-order valence-corrected chi connectivity index (χ3v) is 3.93. The molecule has 6 heteroatoms. The average Bonchev–Trinajstić information content (AvgIpc) is 2.57. The summed E-state index contributed by atoms with van der Waals surface area (Å²) in [5.74, 6) is -0.0484. The van der Waals surface area contributed by atoms with E-state index in [0.717, 1.165) is 5.56 Å². The summed E-state index contributed by atoms with van der Waals surface area (Å²) >= 11 is 0. The third kappa shape index (κ3) is 3.17. The van der Waals surface area contributed by atoms with Gasteiger partial charge in [0.25, 0.3) is 0 Å². The third-order valence-electron chi connectivity index (χ3n) is 3.93. The van der Waals surface area contributed by atoms with Crippen LogP contribution in [0.15, 0.2) is 42.6 Å². The van der Waals surface area contributed by atoms with Gasteiger partial charge in [-0.1, -0.05) is 24.3 Å². The van der Waals surface area contributed by atoms with Gasteiger partial charge in [-0.3, -0.25) is 9.69 Å². The molecule has 1 fully saturated rings. The molecule has 1 aliphatic rings. The van der Waals surface area contributed by atoms with E-state index in [1.54, 1.807) is 31.5 Å². The van der Waals surface area contributed by atoms with Gasteiger partial charge in [0.05, 0.1) is 7.11 Å². The van der Waals surface area contributed by atoms with Crippen LogP contribution in [0.2, 0.25) is 0 Å². The maximum absolute atomic E-state index is 14.2. The number of amides is 1. The Balaban J connectivity index is 1.92. The number of hydrogen-bond donors (Lipinski definition) is 1. The van der Waals surface area contributed by atoms with E-state index in [1.807, 2.05) is 17.0 Å². The van der Waals surface area contributed by atoms with Crippen LogP contribution in [0.3, 0.4) is 0 Å². The van der Waals surface area contributed by atoms with E-state index in [1.165, 1.54) is 6.07 Å². The molecule has 1 aliphatic heterocycles. The molecule has 23 heavy (non-hydrogen) atoms. The Labute approximate surface area is 134 Å². The van der Waals surface area contributed by atoms with Crippen LogP contribution in [0.1, 0.15) is 17.2 Å². The predicted molar refractivity (Wildman–Crippen MR) is 83.3 cm³/mol. The summed E-state index contributed by atoms with van der Waals surface area (Å²) in [6, 6.07) is 9.45. The maximum Gasteiger partial charge on any atom is 0.242 e. The van der Waals surface area contributed by atoms with E-state index in [-0.39, 0.29) is 11.7 Å². The zero-order chi connectivity index (χ0) is 16.2. The molecule has 0 aliphatic carbocycles. The van der Waals surface area contributed by atoms with Crippen LogP contribution >= 0.6 is 0 Å². The zero-order valence-corrected chi connectivity index (χ0v) is 12.8. The highest BCUT2D eigenvalue weighted by atomic mass is 19.1. The largest absolute Gasteiger partial charge is 0.481 e. The van der Waals surface area contributed by atoms with E-state index in [9.17, 15) is 9.18 Å². The van der Waals surface area contributed by atoms with E-state index >= 15 is 0 Å². The second-order valence-electron chi connectivity index (χ2n) is 5.36. The lowest BCUT2D eigenvalue weighted by Crippen LogP contribution is -2.49. The second-order valence-corrected chi connectivity index (χ2v) is 5.36. The highest BCUT2D eigenvalue weighted by Gasteiger charge is 2.33. The molecule has 1 atom stereocenters. The van der Waals surface area contributed by atoms with E-state index in [4.69, 9.17) is 4.74 Å². The Hall–Kier alpha value is -2.47. The van der Waals surface area contributed by atoms with Crippen LogP contribution in [0.5, 0.6) is 5.88 Å². The van der Waals surface area contributed by atoms with Gasteiger partial charge >= 0.3 is 0 Å². The van der Waals surface area contributed by atoms with Gasteiger partial charge in [0, 0.05) is 37.0 Å². The minimum absolute atomic E-state index is 0.191. The summed E-state index contributed by atoms with van der Waals surface area (Å²) in [6.45, 7) is 1.62. The van der Waals surface area contributed by atoms with Gasteiger partial charge in [0.2, 0.25) is 11.8 Å². The molecular weight excluding hydrogens is 297 g/mol. The predicted octanol–water partition coefficient (Wildman–Crippen LogP) is 1.90. The number of ether oxygens (including phenoxy) is 1. The highest BCUT2D eigenvalue weighted by Crippen LogP contribution is 2.28. The number of rotatable bonds is 4. The van der Waals surface area contributed by atoms with Gasteiger partial charge in [-0.15, -0.1) is 0 Å². The number of halogens is 1. The lowest BCUT2D eigenvalue weighted by atomic mass is 10.0. The van der Waals surface area contributed by atoms with Crippen LogP contribution < -0.4 is 10.1 Å². The summed E-state index contributed by atoms with van der Waals surface area (Å²) in [5, 5.41) is 2.81. The first-order chi connectivity index (χ1) is 11.2. The van der Waals surface area contributed by atoms with Crippen molar-refractivity contribution in [3.8, 4) is 5.88 Å². The molecule has 2 heterocycles. The van der Waals surface area contributed by atoms with Gasteiger partial charge in [0.1, 0.15) is 11.9 Å². The monoisotopic (exact) mass is 315 g/mol. The summed E-state index contributed by atoms with van der Waals surface area (Å²) in [6.07, 6.45) is 1.65. The lowest BCUT2D eigenvalue weighted by Gasteiger charge is -2.35. The average molecular weight is 315 g/mol. The summed E-state index contributed by atoms with van der Waals surface area (Å²) in [7, 11) is 1.56. The van der Waals surface area contributed by atoms with Crippen molar-refractivity contribution in [2.24, 2.45) is 0 Å². The molecule has 0 saturated carbocycles. The number of methoxy groups -OCH3 is 1. The van der Waals surface area contributed by atoms with Gasteiger partial charge in [0.15, 0.2) is 0 Å². The number of pyridine rings is 1. The van der Waals surface area contributed by atoms with Crippen molar-refractivity contribution in [3.05, 3.63) is 59.5 Å². The topological polar surface area (TPSA) is 54.5 Å². The SMILES string of the molecule is COc1ncccc1CN1CCNC(=O)C1c1ccccc1F. The minimum atomic E-state index is -0.658. The Morgan fingerprint density at radius 3 is 2.96 bits per heavy atom. The minimum Gasteiger partial charge on any atom is -0.481 e. The number of hydrogen-bond acceptors (Lipinski definition) is 4. The molecule has 1 amide bonds. The van der Waals surface area contributed by atoms with Crippen LogP contribution in [-0.4, -0.2) is 36.0 Å². The molecular formula is C17H18FN3O2. The molecule has 1 saturated heterocycles. The molecule has 5 nitrogen and oxygen atoms in total. The Morgan fingerprint density at radius 1 is 1.35 bits per heavy atom. The molecule has 1 unspecified atom stereocenters. The fourth-order valence-corrected chi connectivity index (χ4v) is 2.87. The molecule has 2 aromatic rings. The van der Waals surface area contributed by atoms with Gasteiger partial charge < -0.3 is 10.1 Å². The molecule has 0 bridgehead atoms. The quantitative estimate of drug-likeness (QED) is 0.936. The highest BCUT2D eigenvalue weighted by molar-refractivity contribution is 5.84. The lowest BCUT2D eigenvalue weighted by molar-refractivity contribution is -0.129. The van der Waals surface area contributed by atoms with Crippen molar-refractivity contribution in [1.82, 2.24) is 15.2 Å². The molecule has 0 radical (unpaired) electrons. The molecule has 120 valence electrons. The number of benzene rings is 1. The van der Waals surface area contributed by atoms with E-state index in [0.29, 0.717) is 31.1 Å². The van der Waals surface area contributed by atoms with Crippen molar-refractivity contribution in [2.45, 2.75) is 12.6 Å². The zero-order valence-electron chi connectivity index (χ0n) is 12.8. The Kier molecular flexibility index (Phi) is 4.52. The van der Waals surface area contributed by atoms with Gasteiger partial charge in [-0.25, -0.2) is 9.37 Å². The summed E-state index contributed by atoms with van der Waals surface area (Å²) < 4.78 is 19.4. The van der Waals surface area contributed by atoms with Crippen LogP contribution in [0.4, 0.5) is 4.39 Å². The number of nitrogens with zero attached hydrogens (tertiary/aromatic N) is 2. The molecule has 1 aromatic heterocycles. The number of aromatic nitrogens is 1. The summed E-state index contributed by atoms with van der Waals surface area (Å²) in [5.41, 5.74) is 1.25. The first-order valence-electron chi connectivity index (χ1n) is 7.45. The van der Waals surface area contributed by atoms with Crippen molar-refractivity contribution < 1.29 is 13.9 Å². The molecule has 1 N–H and O–H groups in total. The Morgan fingerprint density at radius 2 is 2.17 bits per heavy atom. The van der Waals surface area contributed by atoms with Crippen LogP contribution in [-0.2, 0) is 11.3 Å². The number of carbonyl (C=O) groups excluding carboxylic acids is 1. The van der Waals surface area contributed by atoms with Crippen LogP contribution in [0, 0.1) is 5.82 Å². The molecule has 0 spiro atoms. The smallest absolute Gasteiger partial charge is 0.242 e. The molecule has 1 aromatic carbocycles. The normalized spacial score (nSPS) is 18.5. The fraction of sp³-hybridized carbons (Fsp3) is 0.294. The number of carbonyl (C=O) groups is 1. The van der Waals surface area contributed by atoms with Gasteiger partial charge in [-0.2, -0.15) is 0 Å². The second kappa shape index (κ2) is 6.75. The summed E-state index contributed by atoms with van der Waals surface area (Å²) in [4.78, 5) is 18.5. The number of piperazine rings is 1. The number of nitrogens with one attached hydrogen (secondary N) is 1. The fourth-order valence-electron chi connectivity index (χ4n) is 2.87. The van der Waals surface area contributed by atoms with Crippen molar-refractivity contribution in [1.29, 1.82) is 0 Å². The van der Waals surface area contributed by atoms with Gasteiger partial charge in [-0.05, 0) is 12.1 Å². The first kappa shape index (κ1) is 15.4. The van der Waals surface area contributed by atoms with E-state index in [2.05, 4.69) is 10.3 Å². The maximum atomic E-state index is 14.2. The Bertz CT molecular complexity index is 708. The van der Waals surface area contributed by atoms with Crippen molar-refractivity contribution in [2.75, 3.05) is 20.2 Å².